The molecule has 1 aromatic carbocycles. The summed E-state index contributed by atoms with van der Waals surface area (Å²) in [5.41, 5.74) is 0.851. The molecule has 0 aromatic heterocycles. The average molecular weight is 256 g/mol. The van der Waals surface area contributed by atoms with Gasteiger partial charge in [0.15, 0.2) is 0 Å². The smallest absolute Gasteiger partial charge is 0.323 e. The maximum absolute atomic E-state index is 11.6. The second kappa shape index (κ2) is 5.49. The molecule has 1 fully saturated rings. The first-order chi connectivity index (χ1) is 8.15. The van der Waals surface area contributed by atoms with Crippen LogP contribution in [-0.4, -0.2) is 29.8 Å². The van der Waals surface area contributed by atoms with Crippen molar-refractivity contribution < 1.29 is 14.6 Å². The quantitative estimate of drug-likeness (QED) is 0.795. The van der Waals surface area contributed by atoms with E-state index in [1.165, 1.54) is 0 Å². The number of carbonyl (C=O) groups is 1. The number of esters is 1. The zero-order chi connectivity index (χ0) is 12.3. The molecule has 0 radical (unpaired) electrons. The summed E-state index contributed by atoms with van der Waals surface area (Å²) in [5, 5.41) is 12.8. The third-order valence-corrected chi connectivity index (χ3v) is 2.90. The van der Waals surface area contributed by atoms with Gasteiger partial charge in [0.25, 0.3) is 0 Å². The monoisotopic (exact) mass is 255 g/mol. The summed E-state index contributed by atoms with van der Waals surface area (Å²) in [4.78, 5) is 11.6. The maximum Gasteiger partial charge on any atom is 0.323 e. The second-order valence-corrected chi connectivity index (χ2v) is 4.52. The van der Waals surface area contributed by atoms with Gasteiger partial charge in [-0.05, 0) is 17.7 Å². The van der Waals surface area contributed by atoms with Crippen molar-refractivity contribution in [3.05, 3.63) is 34.9 Å². The van der Waals surface area contributed by atoms with Crippen LogP contribution >= 0.6 is 11.6 Å². The Kier molecular flexibility index (Phi) is 3.99. The maximum atomic E-state index is 11.6. The molecule has 2 rings (SSSR count). The van der Waals surface area contributed by atoms with Crippen molar-refractivity contribution in [3.63, 3.8) is 0 Å². The van der Waals surface area contributed by atoms with E-state index in [-0.39, 0.29) is 12.6 Å². The Morgan fingerprint density at radius 2 is 2.41 bits per heavy atom. The molecule has 17 heavy (non-hydrogen) atoms. The zero-order valence-corrected chi connectivity index (χ0v) is 9.98. The number of benzene rings is 1. The third kappa shape index (κ3) is 3.43. The van der Waals surface area contributed by atoms with Gasteiger partial charge in [-0.15, -0.1) is 0 Å². The molecule has 1 aliphatic rings. The van der Waals surface area contributed by atoms with Gasteiger partial charge in [0.05, 0.1) is 6.10 Å². The van der Waals surface area contributed by atoms with Gasteiger partial charge in [-0.2, -0.15) is 0 Å². The zero-order valence-electron chi connectivity index (χ0n) is 9.23. The van der Waals surface area contributed by atoms with E-state index in [9.17, 15) is 9.90 Å². The van der Waals surface area contributed by atoms with Crippen LogP contribution in [0.15, 0.2) is 24.3 Å². The van der Waals surface area contributed by atoms with Gasteiger partial charge in [-0.25, -0.2) is 0 Å². The normalized spacial score (nSPS) is 23.6. The van der Waals surface area contributed by atoms with E-state index in [4.69, 9.17) is 16.3 Å². The first kappa shape index (κ1) is 12.4. The molecule has 0 amide bonds. The predicted octanol–water partition coefficient (Wildman–Crippen LogP) is 1.11. The lowest BCUT2D eigenvalue weighted by Gasteiger charge is -2.10. The molecular weight excluding hydrogens is 242 g/mol. The second-order valence-electron chi connectivity index (χ2n) is 4.09. The average Bonchev–Trinajstić information content (AvgIpc) is 2.73. The van der Waals surface area contributed by atoms with Gasteiger partial charge in [-0.1, -0.05) is 23.7 Å². The molecule has 1 saturated heterocycles. The minimum atomic E-state index is -0.460. The van der Waals surface area contributed by atoms with Crippen LogP contribution in [-0.2, 0) is 16.1 Å². The number of carbonyl (C=O) groups excluding carboxylic acids is 1. The van der Waals surface area contributed by atoms with Crippen molar-refractivity contribution in [1.82, 2.24) is 5.32 Å². The fraction of sp³-hybridized carbons (Fsp3) is 0.417. The van der Waals surface area contributed by atoms with Crippen LogP contribution in [0.2, 0.25) is 5.02 Å². The molecule has 0 aliphatic carbocycles. The Morgan fingerprint density at radius 3 is 3.06 bits per heavy atom. The Labute approximate surface area is 105 Å². The summed E-state index contributed by atoms with van der Waals surface area (Å²) in [7, 11) is 0. The minimum absolute atomic E-state index is 0.202. The van der Waals surface area contributed by atoms with E-state index < -0.39 is 12.1 Å². The molecule has 0 bridgehead atoms. The van der Waals surface area contributed by atoms with Crippen LogP contribution in [0.5, 0.6) is 0 Å². The van der Waals surface area contributed by atoms with Crippen molar-refractivity contribution in [2.45, 2.75) is 25.2 Å². The van der Waals surface area contributed by atoms with Crippen LogP contribution < -0.4 is 5.32 Å². The fourth-order valence-corrected chi connectivity index (χ4v) is 1.99. The van der Waals surface area contributed by atoms with Gasteiger partial charge in [-0.3, -0.25) is 4.79 Å². The van der Waals surface area contributed by atoms with Crippen molar-refractivity contribution in [1.29, 1.82) is 0 Å². The standard InChI is InChI=1S/C12H14ClNO3/c13-9-3-1-2-8(4-9)7-17-12(16)11-5-10(15)6-14-11/h1-4,10-11,14-15H,5-7H2/t10?,11-/m0/s1. The molecule has 4 nitrogen and oxygen atoms in total. The Balaban J connectivity index is 1.84. The van der Waals surface area contributed by atoms with Crippen LogP contribution in [0.25, 0.3) is 0 Å². The lowest BCUT2D eigenvalue weighted by molar-refractivity contribution is -0.147. The number of ether oxygens (including phenoxy) is 1. The highest BCUT2D eigenvalue weighted by molar-refractivity contribution is 6.30. The number of aliphatic hydroxyl groups excluding tert-OH is 1. The number of hydrogen-bond donors (Lipinski definition) is 2. The Bertz CT molecular complexity index is 410. The molecule has 1 aliphatic heterocycles. The summed E-state index contributed by atoms with van der Waals surface area (Å²) in [5.74, 6) is -0.332. The Morgan fingerprint density at radius 1 is 1.59 bits per heavy atom. The predicted molar refractivity (Wildman–Crippen MR) is 63.7 cm³/mol. The summed E-state index contributed by atoms with van der Waals surface area (Å²) in [6, 6.07) is 6.77. The van der Waals surface area contributed by atoms with Gasteiger partial charge in [0.2, 0.25) is 0 Å². The number of halogens is 1. The molecule has 2 atom stereocenters. The number of aliphatic hydroxyl groups is 1. The van der Waals surface area contributed by atoms with E-state index in [2.05, 4.69) is 5.32 Å². The summed E-state index contributed by atoms with van der Waals surface area (Å²) in [6.07, 6.45) is -0.0484. The van der Waals surface area contributed by atoms with Gasteiger partial charge in [0, 0.05) is 18.0 Å². The lowest BCUT2D eigenvalue weighted by Crippen LogP contribution is -2.32. The van der Waals surface area contributed by atoms with E-state index in [1.54, 1.807) is 12.1 Å². The fourth-order valence-electron chi connectivity index (χ4n) is 1.78. The van der Waals surface area contributed by atoms with Gasteiger partial charge < -0.3 is 15.2 Å². The van der Waals surface area contributed by atoms with Gasteiger partial charge in [0.1, 0.15) is 12.6 Å². The largest absolute Gasteiger partial charge is 0.460 e. The molecule has 0 saturated carbocycles. The van der Waals surface area contributed by atoms with E-state index in [0.29, 0.717) is 18.0 Å². The van der Waals surface area contributed by atoms with Crippen molar-refractivity contribution in [2.24, 2.45) is 0 Å². The molecule has 1 aromatic rings. The van der Waals surface area contributed by atoms with Crippen LogP contribution in [0.3, 0.4) is 0 Å². The van der Waals surface area contributed by atoms with Crippen LogP contribution in [0.4, 0.5) is 0 Å². The summed E-state index contributed by atoms with van der Waals surface area (Å²) in [6.45, 7) is 0.643. The Hall–Kier alpha value is -1.10. The van der Waals surface area contributed by atoms with E-state index in [1.807, 2.05) is 12.1 Å². The van der Waals surface area contributed by atoms with E-state index in [0.717, 1.165) is 5.56 Å². The highest BCUT2D eigenvalue weighted by Gasteiger charge is 2.29. The molecular formula is C12H14ClNO3. The summed E-state index contributed by atoms with van der Waals surface area (Å²) < 4.78 is 5.14. The first-order valence-corrected chi connectivity index (χ1v) is 5.85. The molecule has 2 N–H and O–H groups in total. The minimum Gasteiger partial charge on any atom is -0.460 e. The van der Waals surface area contributed by atoms with Gasteiger partial charge >= 0.3 is 5.97 Å². The number of hydrogen-bond acceptors (Lipinski definition) is 4. The number of rotatable bonds is 3. The molecule has 92 valence electrons. The van der Waals surface area contributed by atoms with Crippen LogP contribution in [0.1, 0.15) is 12.0 Å². The highest BCUT2D eigenvalue weighted by atomic mass is 35.5. The number of nitrogens with one attached hydrogen (secondary N) is 1. The van der Waals surface area contributed by atoms with Crippen molar-refractivity contribution >= 4 is 17.6 Å². The molecule has 5 heteroatoms. The molecule has 0 spiro atoms. The first-order valence-electron chi connectivity index (χ1n) is 5.47. The third-order valence-electron chi connectivity index (χ3n) is 2.66. The SMILES string of the molecule is O=C(OCc1cccc(Cl)c1)[C@@H]1CC(O)CN1. The van der Waals surface area contributed by atoms with Crippen LogP contribution in [0, 0.1) is 0 Å². The summed E-state index contributed by atoms with van der Waals surface area (Å²) >= 11 is 5.82. The molecule has 1 heterocycles. The van der Waals surface area contributed by atoms with Crippen molar-refractivity contribution in [2.75, 3.05) is 6.54 Å². The lowest BCUT2D eigenvalue weighted by atomic mass is 10.2. The molecule has 1 unspecified atom stereocenters. The number of β-amino-alcohol motifs (C(OH)–C–C–N with tert-alkyl or cyclic N) is 1. The topological polar surface area (TPSA) is 58.6 Å². The van der Waals surface area contributed by atoms with Crippen molar-refractivity contribution in [3.8, 4) is 0 Å². The highest BCUT2D eigenvalue weighted by Crippen LogP contribution is 2.13. The van der Waals surface area contributed by atoms with E-state index >= 15 is 0 Å².